The lowest BCUT2D eigenvalue weighted by Gasteiger charge is -2.38. The molecule has 4 heteroatoms. The molecule has 0 radical (unpaired) electrons. The Morgan fingerprint density at radius 2 is 2.29 bits per heavy atom. The number of amides is 1. The van der Waals surface area contributed by atoms with E-state index in [-0.39, 0.29) is 6.09 Å². The van der Waals surface area contributed by atoms with Crippen molar-refractivity contribution >= 4 is 6.09 Å². The molecule has 0 aromatic carbocycles. The van der Waals surface area contributed by atoms with Crippen LogP contribution in [-0.2, 0) is 4.74 Å². The van der Waals surface area contributed by atoms with E-state index in [0.717, 1.165) is 38.2 Å². The SMILES string of the molecule is CC(C)(C)OC(=O)N1CCCC2CNCC=C21. The van der Waals surface area contributed by atoms with Crippen molar-refractivity contribution in [3.8, 4) is 0 Å². The second kappa shape index (κ2) is 4.69. The van der Waals surface area contributed by atoms with E-state index >= 15 is 0 Å². The molecule has 0 bridgehead atoms. The Hall–Kier alpha value is -1.03. The average molecular weight is 238 g/mol. The molecule has 0 aromatic heterocycles. The third-order valence-corrected chi connectivity index (χ3v) is 3.12. The summed E-state index contributed by atoms with van der Waals surface area (Å²) in [4.78, 5) is 13.9. The van der Waals surface area contributed by atoms with Crippen molar-refractivity contribution in [1.82, 2.24) is 10.2 Å². The zero-order valence-corrected chi connectivity index (χ0v) is 11.0. The van der Waals surface area contributed by atoms with Crippen LogP contribution >= 0.6 is 0 Å². The Labute approximate surface area is 103 Å². The van der Waals surface area contributed by atoms with Crippen LogP contribution in [0.2, 0.25) is 0 Å². The maximum Gasteiger partial charge on any atom is 0.414 e. The van der Waals surface area contributed by atoms with E-state index in [1.54, 1.807) is 0 Å². The molecule has 0 aromatic rings. The molecule has 1 saturated heterocycles. The van der Waals surface area contributed by atoms with Gasteiger partial charge in [0.2, 0.25) is 0 Å². The third kappa shape index (κ3) is 3.00. The average Bonchev–Trinajstić information content (AvgIpc) is 2.26. The molecule has 2 aliphatic rings. The minimum atomic E-state index is -0.419. The van der Waals surface area contributed by atoms with E-state index in [1.807, 2.05) is 25.7 Å². The van der Waals surface area contributed by atoms with Gasteiger partial charge in [0.05, 0.1) is 0 Å². The molecule has 0 spiro atoms. The first-order valence-corrected chi connectivity index (χ1v) is 6.39. The smallest absolute Gasteiger partial charge is 0.414 e. The van der Waals surface area contributed by atoms with E-state index in [9.17, 15) is 4.79 Å². The quantitative estimate of drug-likeness (QED) is 0.703. The van der Waals surface area contributed by atoms with Gasteiger partial charge in [-0.2, -0.15) is 0 Å². The van der Waals surface area contributed by atoms with Crippen molar-refractivity contribution < 1.29 is 9.53 Å². The van der Waals surface area contributed by atoms with Crippen molar-refractivity contribution in [2.24, 2.45) is 5.92 Å². The molecule has 1 fully saturated rings. The van der Waals surface area contributed by atoms with Crippen LogP contribution in [0.3, 0.4) is 0 Å². The van der Waals surface area contributed by atoms with Gasteiger partial charge < -0.3 is 10.1 Å². The van der Waals surface area contributed by atoms with Crippen molar-refractivity contribution in [2.45, 2.75) is 39.2 Å². The molecule has 1 atom stereocenters. The zero-order valence-electron chi connectivity index (χ0n) is 11.0. The summed E-state index contributed by atoms with van der Waals surface area (Å²) in [5, 5.41) is 3.34. The number of carbonyl (C=O) groups is 1. The van der Waals surface area contributed by atoms with Crippen LogP contribution in [0.5, 0.6) is 0 Å². The summed E-state index contributed by atoms with van der Waals surface area (Å²) in [5.74, 6) is 0.477. The summed E-state index contributed by atoms with van der Waals surface area (Å²) >= 11 is 0. The Morgan fingerprint density at radius 3 is 3.00 bits per heavy atom. The van der Waals surface area contributed by atoms with Gasteiger partial charge in [-0.3, -0.25) is 4.90 Å². The first-order chi connectivity index (χ1) is 7.97. The summed E-state index contributed by atoms with van der Waals surface area (Å²) in [6, 6.07) is 0. The molecule has 1 amide bonds. The third-order valence-electron chi connectivity index (χ3n) is 3.12. The fraction of sp³-hybridized carbons (Fsp3) is 0.769. The van der Waals surface area contributed by atoms with Crippen LogP contribution < -0.4 is 5.32 Å². The summed E-state index contributed by atoms with van der Waals surface area (Å²) in [6.45, 7) is 8.34. The normalized spacial score (nSPS) is 25.0. The number of carbonyl (C=O) groups excluding carboxylic acids is 1. The number of nitrogens with one attached hydrogen (secondary N) is 1. The van der Waals surface area contributed by atoms with Crippen molar-refractivity contribution in [1.29, 1.82) is 0 Å². The van der Waals surface area contributed by atoms with Crippen LogP contribution in [0.15, 0.2) is 11.8 Å². The van der Waals surface area contributed by atoms with Gasteiger partial charge in [0.1, 0.15) is 5.60 Å². The predicted molar refractivity (Wildman–Crippen MR) is 66.6 cm³/mol. The predicted octanol–water partition coefficient (Wildman–Crippen LogP) is 2.12. The highest BCUT2D eigenvalue weighted by Gasteiger charge is 2.32. The van der Waals surface area contributed by atoms with Gasteiger partial charge in [-0.25, -0.2) is 4.79 Å². The lowest BCUT2D eigenvalue weighted by molar-refractivity contribution is 0.0255. The van der Waals surface area contributed by atoms with Crippen LogP contribution in [0, 0.1) is 5.92 Å². The molecule has 96 valence electrons. The van der Waals surface area contributed by atoms with E-state index in [4.69, 9.17) is 4.74 Å². The topological polar surface area (TPSA) is 41.6 Å². The van der Waals surface area contributed by atoms with E-state index in [2.05, 4.69) is 11.4 Å². The molecule has 4 nitrogen and oxygen atoms in total. The number of ether oxygens (including phenoxy) is 1. The molecular weight excluding hydrogens is 216 g/mol. The van der Waals surface area contributed by atoms with E-state index in [0.29, 0.717) is 5.92 Å². The van der Waals surface area contributed by atoms with Gasteiger partial charge >= 0.3 is 6.09 Å². The highest BCUT2D eigenvalue weighted by molar-refractivity contribution is 5.71. The molecular formula is C13H22N2O2. The lowest BCUT2D eigenvalue weighted by Crippen LogP contribution is -2.45. The zero-order chi connectivity index (χ0) is 12.5. The summed E-state index contributed by atoms with van der Waals surface area (Å²) in [6.07, 6.45) is 4.15. The second-order valence-electron chi connectivity index (χ2n) is 5.76. The number of nitrogens with zero attached hydrogens (tertiary/aromatic N) is 1. The maximum absolute atomic E-state index is 12.1. The number of piperidine rings is 1. The van der Waals surface area contributed by atoms with Crippen molar-refractivity contribution in [2.75, 3.05) is 19.6 Å². The molecule has 0 aliphatic carbocycles. The maximum atomic E-state index is 12.1. The molecule has 2 rings (SSSR count). The Morgan fingerprint density at radius 1 is 1.53 bits per heavy atom. The molecule has 2 aliphatic heterocycles. The van der Waals surface area contributed by atoms with Gasteiger partial charge in [-0.15, -0.1) is 0 Å². The standard InChI is InChI=1S/C13H22N2O2/c1-13(2,3)17-12(16)15-8-4-5-10-9-14-7-6-11(10)15/h6,10,14H,4-5,7-9H2,1-3H3. The van der Waals surface area contributed by atoms with Crippen LogP contribution in [-0.4, -0.2) is 36.2 Å². The second-order valence-corrected chi connectivity index (χ2v) is 5.76. The fourth-order valence-corrected chi connectivity index (χ4v) is 2.42. The number of hydrogen-bond donors (Lipinski definition) is 1. The Balaban J connectivity index is 2.09. The number of likely N-dealkylation sites (tertiary alicyclic amines) is 1. The van der Waals surface area contributed by atoms with Gasteiger partial charge in [0, 0.05) is 31.2 Å². The van der Waals surface area contributed by atoms with Crippen LogP contribution in [0.25, 0.3) is 0 Å². The fourth-order valence-electron chi connectivity index (χ4n) is 2.42. The van der Waals surface area contributed by atoms with Gasteiger partial charge in [0.25, 0.3) is 0 Å². The van der Waals surface area contributed by atoms with Crippen molar-refractivity contribution in [3.05, 3.63) is 11.8 Å². The van der Waals surface area contributed by atoms with E-state index < -0.39 is 5.60 Å². The molecule has 17 heavy (non-hydrogen) atoms. The molecule has 1 N–H and O–H groups in total. The first-order valence-electron chi connectivity index (χ1n) is 6.39. The van der Waals surface area contributed by atoms with Gasteiger partial charge in [-0.1, -0.05) is 6.08 Å². The highest BCUT2D eigenvalue weighted by atomic mass is 16.6. The van der Waals surface area contributed by atoms with Crippen LogP contribution in [0.1, 0.15) is 33.6 Å². The van der Waals surface area contributed by atoms with Gasteiger partial charge in [-0.05, 0) is 33.6 Å². The summed E-state index contributed by atoms with van der Waals surface area (Å²) in [7, 11) is 0. The number of rotatable bonds is 0. The minimum absolute atomic E-state index is 0.199. The molecule has 2 heterocycles. The monoisotopic (exact) mass is 238 g/mol. The summed E-state index contributed by atoms with van der Waals surface area (Å²) in [5.41, 5.74) is 0.738. The summed E-state index contributed by atoms with van der Waals surface area (Å²) < 4.78 is 5.45. The Kier molecular flexibility index (Phi) is 3.43. The number of hydrogen-bond acceptors (Lipinski definition) is 3. The van der Waals surface area contributed by atoms with Gasteiger partial charge in [0.15, 0.2) is 0 Å². The largest absolute Gasteiger partial charge is 0.443 e. The Bertz CT molecular complexity index is 331. The van der Waals surface area contributed by atoms with Crippen molar-refractivity contribution in [3.63, 3.8) is 0 Å². The highest BCUT2D eigenvalue weighted by Crippen LogP contribution is 2.29. The van der Waals surface area contributed by atoms with Crippen LogP contribution in [0.4, 0.5) is 4.79 Å². The molecule has 1 unspecified atom stereocenters. The lowest BCUT2D eigenvalue weighted by atomic mass is 9.92. The van der Waals surface area contributed by atoms with E-state index in [1.165, 1.54) is 0 Å². The number of fused-ring (bicyclic) bond motifs is 1. The first kappa shape index (κ1) is 12.4. The minimum Gasteiger partial charge on any atom is -0.443 e. The molecule has 0 saturated carbocycles.